The average Bonchev–Trinajstić information content (AvgIpc) is 2.60. The molecule has 1 fully saturated rings. The van der Waals surface area contributed by atoms with Gasteiger partial charge in [-0.1, -0.05) is 0 Å². The first-order valence-corrected chi connectivity index (χ1v) is 8.38. The minimum atomic E-state index is -0.343. The molecule has 1 atom stereocenters. The van der Waals surface area contributed by atoms with Gasteiger partial charge in [0.05, 0.1) is 0 Å². The number of H-pyrrole nitrogens is 1. The van der Waals surface area contributed by atoms with Crippen LogP contribution in [0.2, 0.25) is 0 Å². The highest BCUT2D eigenvalue weighted by molar-refractivity contribution is 5.78. The number of pyridine rings is 1. The van der Waals surface area contributed by atoms with Gasteiger partial charge in [0.15, 0.2) is 12.0 Å². The molecule has 0 unspecified atom stereocenters. The van der Waals surface area contributed by atoms with Gasteiger partial charge in [-0.2, -0.15) is 0 Å². The molecule has 0 bridgehead atoms. The highest BCUT2D eigenvalue weighted by Gasteiger charge is 2.25. The van der Waals surface area contributed by atoms with Gasteiger partial charge < -0.3 is 14.6 Å². The van der Waals surface area contributed by atoms with Crippen molar-refractivity contribution in [3.63, 3.8) is 0 Å². The number of aromatic nitrogens is 1. The number of likely N-dealkylation sites (tertiary alicyclic amines) is 1. The molecular weight excluding hydrogens is 323 g/mol. The fourth-order valence-corrected chi connectivity index (χ4v) is 3.15. The van der Waals surface area contributed by atoms with Gasteiger partial charge in [0.2, 0.25) is 0 Å². The van der Waals surface area contributed by atoms with E-state index in [1.54, 1.807) is 17.0 Å². The van der Waals surface area contributed by atoms with Crippen LogP contribution >= 0.6 is 0 Å². The van der Waals surface area contributed by atoms with Gasteiger partial charge in [-0.25, -0.2) is 4.39 Å². The fraction of sp³-hybridized carbons (Fsp3) is 0.368. The van der Waals surface area contributed by atoms with E-state index in [-0.39, 0.29) is 29.7 Å². The largest absolute Gasteiger partial charge is 0.484 e. The Morgan fingerprint density at radius 2 is 2.08 bits per heavy atom. The monoisotopic (exact) mass is 344 g/mol. The summed E-state index contributed by atoms with van der Waals surface area (Å²) in [6, 6.07) is 8.76. The molecule has 5 nitrogen and oxygen atoms in total. The number of halogens is 1. The molecule has 3 rings (SSSR count). The molecule has 1 aromatic carbocycles. The lowest BCUT2D eigenvalue weighted by Gasteiger charge is -2.32. The summed E-state index contributed by atoms with van der Waals surface area (Å²) in [6.07, 6.45) is 1.81. The summed E-state index contributed by atoms with van der Waals surface area (Å²) >= 11 is 0. The number of piperidine rings is 1. The van der Waals surface area contributed by atoms with Crippen molar-refractivity contribution in [1.82, 2.24) is 9.88 Å². The molecule has 0 spiro atoms. The number of nitrogens with one attached hydrogen (secondary N) is 1. The van der Waals surface area contributed by atoms with Crippen molar-refractivity contribution in [1.29, 1.82) is 0 Å². The molecule has 2 aromatic rings. The minimum absolute atomic E-state index is 0.0191. The third-order valence-electron chi connectivity index (χ3n) is 4.39. The summed E-state index contributed by atoms with van der Waals surface area (Å²) in [5.74, 6) is 0.135. The Hall–Kier alpha value is -2.63. The predicted molar refractivity (Wildman–Crippen MR) is 92.2 cm³/mol. The Bertz CT molecular complexity index is 801. The molecule has 1 amide bonds. The molecule has 25 heavy (non-hydrogen) atoms. The molecule has 1 saturated heterocycles. The van der Waals surface area contributed by atoms with E-state index in [1.165, 1.54) is 24.3 Å². The predicted octanol–water partition coefficient (Wildman–Crippen LogP) is 2.61. The molecule has 2 heterocycles. The third-order valence-corrected chi connectivity index (χ3v) is 4.39. The van der Waals surface area contributed by atoms with Crippen LogP contribution in [0.3, 0.4) is 0 Å². The van der Waals surface area contributed by atoms with Crippen LogP contribution in [0.1, 0.15) is 30.1 Å². The molecule has 1 aromatic heterocycles. The summed E-state index contributed by atoms with van der Waals surface area (Å²) in [4.78, 5) is 29.1. The van der Waals surface area contributed by atoms with E-state index in [9.17, 15) is 14.0 Å². The van der Waals surface area contributed by atoms with Crippen LogP contribution < -0.4 is 10.2 Å². The van der Waals surface area contributed by atoms with Crippen LogP contribution in [-0.4, -0.2) is 35.5 Å². The quantitative estimate of drug-likeness (QED) is 0.927. The normalized spacial score (nSPS) is 17.4. The Kier molecular flexibility index (Phi) is 5.16. The van der Waals surface area contributed by atoms with Crippen LogP contribution in [-0.2, 0) is 4.79 Å². The molecule has 0 saturated carbocycles. The minimum Gasteiger partial charge on any atom is -0.484 e. The number of benzene rings is 1. The van der Waals surface area contributed by atoms with Gasteiger partial charge in [0, 0.05) is 42.5 Å². The van der Waals surface area contributed by atoms with Crippen LogP contribution in [0.4, 0.5) is 4.39 Å². The van der Waals surface area contributed by atoms with Crippen LogP contribution in [0.15, 0.2) is 41.2 Å². The molecule has 6 heteroatoms. The summed E-state index contributed by atoms with van der Waals surface area (Å²) in [6.45, 7) is 3.01. The number of aryl methyl sites for hydroxylation is 1. The number of hydrogen-bond acceptors (Lipinski definition) is 3. The number of aromatic amines is 1. The zero-order valence-electron chi connectivity index (χ0n) is 14.1. The van der Waals surface area contributed by atoms with Gasteiger partial charge in [0.1, 0.15) is 11.6 Å². The van der Waals surface area contributed by atoms with Gasteiger partial charge in [-0.3, -0.25) is 9.59 Å². The molecule has 1 aliphatic rings. The van der Waals surface area contributed by atoms with Crippen molar-refractivity contribution in [3.05, 3.63) is 63.8 Å². The number of amides is 1. The first-order chi connectivity index (χ1) is 12.0. The van der Waals surface area contributed by atoms with E-state index in [4.69, 9.17) is 4.74 Å². The Labute approximate surface area is 145 Å². The first kappa shape index (κ1) is 17.2. The van der Waals surface area contributed by atoms with Crippen molar-refractivity contribution in [2.45, 2.75) is 25.7 Å². The Morgan fingerprint density at radius 3 is 2.80 bits per heavy atom. The molecular formula is C19H21FN2O3. The number of carbonyl (C=O) groups is 1. The third kappa shape index (κ3) is 4.47. The molecule has 0 aliphatic carbocycles. The topological polar surface area (TPSA) is 62.4 Å². The smallest absolute Gasteiger partial charge is 0.260 e. The van der Waals surface area contributed by atoms with E-state index in [0.29, 0.717) is 18.8 Å². The summed E-state index contributed by atoms with van der Waals surface area (Å²) in [7, 11) is 0. The standard InChI is InChI=1S/C19H21FN2O3/c1-13-9-16(23)10-18(21-13)14-3-2-8-22(11-14)19(24)12-25-17-6-4-15(20)5-7-17/h4-7,9-10,14H,2-3,8,11-12H2,1H3,(H,21,23)/t14-/m0/s1. The van der Waals surface area contributed by atoms with Crippen molar-refractivity contribution in [2.24, 2.45) is 0 Å². The van der Waals surface area contributed by atoms with Crippen molar-refractivity contribution in [3.8, 4) is 5.75 Å². The number of hydrogen-bond donors (Lipinski definition) is 1. The average molecular weight is 344 g/mol. The summed E-state index contributed by atoms with van der Waals surface area (Å²) in [5.41, 5.74) is 1.68. The maximum atomic E-state index is 12.9. The van der Waals surface area contributed by atoms with E-state index >= 15 is 0 Å². The van der Waals surface area contributed by atoms with Crippen LogP contribution in [0.25, 0.3) is 0 Å². The molecule has 0 radical (unpaired) electrons. The highest BCUT2D eigenvalue weighted by Crippen LogP contribution is 2.25. The maximum Gasteiger partial charge on any atom is 0.260 e. The van der Waals surface area contributed by atoms with Crippen LogP contribution in [0.5, 0.6) is 5.75 Å². The van der Waals surface area contributed by atoms with Crippen molar-refractivity contribution >= 4 is 5.91 Å². The number of carbonyl (C=O) groups excluding carboxylic acids is 1. The lowest BCUT2D eigenvalue weighted by molar-refractivity contribution is -0.134. The lowest BCUT2D eigenvalue weighted by atomic mass is 9.94. The first-order valence-electron chi connectivity index (χ1n) is 8.38. The van der Waals surface area contributed by atoms with Gasteiger partial charge in [-0.15, -0.1) is 0 Å². The fourth-order valence-electron chi connectivity index (χ4n) is 3.15. The molecule has 1 aliphatic heterocycles. The van der Waals surface area contributed by atoms with Crippen LogP contribution in [0, 0.1) is 12.7 Å². The van der Waals surface area contributed by atoms with Gasteiger partial charge >= 0.3 is 0 Å². The van der Waals surface area contributed by atoms with E-state index in [0.717, 1.165) is 24.2 Å². The zero-order chi connectivity index (χ0) is 17.8. The molecule has 132 valence electrons. The Balaban J connectivity index is 1.61. The van der Waals surface area contributed by atoms with Gasteiger partial charge in [0.25, 0.3) is 5.91 Å². The second kappa shape index (κ2) is 7.51. The molecule has 1 N–H and O–H groups in total. The highest BCUT2D eigenvalue weighted by atomic mass is 19.1. The number of ether oxygens (including phenoxy) is 1. The van der Waals surface area contributed by atoms with E-state index < -0.39 is 0 Å². The maximum absolute atomic E-state index is 12.9. The SMILES string of the molecule is Cc1cc(=O)cc([C@H]2CCCN(C(=O)COc3ccc(F)cc3)C2)[nH]1. The van der Waals surface area contributed by atoms with Gasteiger partial charge in [-0.05, 0) is 44.0 Å². The number of rotatable bonds is 4. The van der Waals surface area contributed by atoms with Crippen molar-refractivity contribution in [2.75, 3.05) is 19.7 Å². The summed E-state index contributed by atoms with van der Waals surface area (Å²) < 4.78 is 18.3. The lowest BCUT2D eigenvalue weighted by Crippen LogP contribution is -2.41. The second-order valence-electron chi connectivity index (χ2n) is 6.38. The second-order valence-corrected chi connectivity index (χ2v) is 6.38. The Morgan fingerprint density at radius 1 is 1.32 bits per heavy atom. The number of nitrogens with zero attached hydrogens (tertiary/aromatic N) is 1. The zero-order valence-corrected chi connectivity index (χ0v) is 14.1. The van der Waals surface area contributed by atoms with E-state index in [1.807, 2.05) is 6.92 Å². The van der Waals surface area contributed by atoms with Crippen molar-refractivity contribution < 1.29 is 13.9 Å². The van der Waals surface area contributed by atoms with E-state index in [2.05, 4.69) is 4.98 Å². The summed E-state index contributed by atoms with van der Waals surface area (Å²) in [5, 5.41) is 0.